The third-order valence-electron chi connectivity index (χ3n) is 5.21. The number of urea groups is 1. The van der Waals surface area contributed by atoms with E-state index in [-0.39, 0.29) is 23.4 Å². The molecule has 1 aromatic heterocycles. The van der Waals surface area contributed by atoms with Gasteiger partial charge in [0.2, 0.25) is 11.8 Å². The van der Waals surface area contributed by atoms with Crippen molar-refractivity contribution in [3.05, 3.63) is 65.7 Å². The maximum absolute atomic E-state index is 13.7. The van der Waals surface area contributed by atoms with Gasteiger partial charge in [-0.15, -0.1) is 0 Å². The van der Waals surface area contributed by atoms with Gasteiger partial charge in [-0.05, 0) is 61.7 Å². The number of nitrogens with one attached hydrogen (secondary N) is 3. The number of alkyl halides is 2. The number of carbonyl (C=O) groups is 2. The van der Waals surface area contributed by atoms with Crippen LogP contribution in [0.15, 0.2) is 48.8 Å². The second-order valence-corrected chi connectivity index (χ2v) is 8.25. The zero-order chi connectivity index (χ0) is 25.2. The molecule has 1 saturated carbocycles. The molecule has 0 bridgehead atoms. The number of halogens is 3. The molecule has 3 aromatic rings. The van der Waals surface area contributed by atoms with E-state index in [0.29, 0.717) is 29.7 Å². The van der Waals surface area contributed by atoms with Crippen molar-refractivity contribution in [1.29, 1.82) is 0 Å². The van der Waals surface area contributed by atoms with E-state index in [1.807, 2.05) is 0 Å². The quantitative estimate of drug-likeness (QED) is 0.391. The van der Waals surface area contributed by atoms with Gasteiger partial charge in [0.25, 0.3) is 5.92 Å². The second kappa shape index (κ2) is 9.61. The number of anilines is 3. The van der Waals surface area contributed by atoms with E-state index < -0.39 is 23.3 Å². The summed E-state index contributed by atoms with van der Waals surface area (Å²) in [4.78, 5) is 32.3. The highest BCUT2D eigenvalue weighted by molar-refractivity contribution is 6.00. The summed E-state index contributed by atoms with van der Waals surface area (Å²) in [5.41, 5.74) is 0.297. The number of hydrogen-bond acceptors (Lipinski definition) is 5. The lowest BCUT2D eigenvalue weighted by atomic mass is 10.1. The normalized spacial score (nSPS) is 13.2. The molecule has 2 aromatic carbocycles. The van der Waals surface area contributed by atoms with Crippen LogP contribution in [0.4, 0.5) is 35.2 Å². The highest BCUT2D eigenvalue weighted by atomic mass is 19.3. The van der Waals surface area contributed by atoms with Gasteiger partial charge in [-0.25, -0.2) is 27.9 Å². The van der Waals surface area contributed by atoms with Crippen LogP contribution in [0.3, 0.4) is 0 Å². The van der Waals surface area contributed by atoms with Gasteiger partial charge in [0, 0.05) is 30.3 Å². The average Bonchev–Trinajstić information content (AvgIpc) is 3.62. The smallest absolute Gasteiger partial charge is 0.323 e. The van der Waals surface area contributed by atoms with Gasteiger partial charge in [-0.2, -0.15) is 0 Å². The molecular formula is C24H22F3N5O3. The lowest BCUT2D eigenvalue weighted by Gasteiger charge is -2.15. The Labute approximate surface area is 198 Å². The fourth-order valence-corrected chi connectivity index (χ4v) is 3.22. The lowest BCUT2D eigenvalue weighted by Crippen LogP contribution is -2.20. The van der Waals surface area contributed by atoms with E-state index in [9.17, 15) is 22.8 Å². The summed E-state index contributed by atoms with van der Waals surface area (Å²) in [5, 5.41) is 7.74. The Morgan fingerprint density at radius 3 is 2.49 bits per heavy atom. The molecule has 182 valence electrons. The third-order valence-corrected chi connectivity index (χ3v) is 5.21. The number of benzene rings is 2. The monoisotopic (exact) mass is 485 g/mol. The van der Waals surface area contributed by atoms with E-state index in [0.717, 1.165) is 25.0 Å². The van der Waals surface area contributed by atoms with E-state index in [1.165, 1.54) is 18.5 Å². The molecule has 35 heavy (non-hydrogen) atoms. The number of ether oxygens (including phenoxy) is 1. The van der Waals surface area contributed by atoms with Crippen molar-refractivity contribution < 1.29 is 27.5 Å². The first-order chi connectivity index (χ1) is 16.6. The highest BCUT2D eigenvalue weighted by Crippen LogP contribution is 2.32. The van der Waals surface area contributed by atoms with Gasteiger partial charge in [0.05, 0.1) is 5.56 Å². The van der Waals surface area contributed by atoms with Gasteiger partial charge < -0.3 is 20.7 Å². The van der Waals surface area contributed by atoms with Crippen LogP contribution in [0.5, 0.6) is 11.6 Å². The molecule has 0 radical (unpaired) electrons. The SMILES string of the molecule is Cc1cc(Oc2cc(NC(=O)C3CC3)ncn2)ccc1NC(=O)Nc1ccc(F)c(C(C)(F)F)c1. The number of rotatable bonds is 7. The fraction of sp³-hybridized carbons (Fsp3) is 0.250. The van der Waals surface area contributed by atoms with E-state index in [1.54, 1.807) is 25.1 Å². The van der Waals surface area contributed by atoms with E-state index >= 15 is 0 Å². The van der Waals surface area contributed by atoms with E-state index in [2.05, 4.69) is 25.9 Å². The molecular weight excluding hydrogens is 463 g/mol. The third kappa shape index (κ3) is 6.25. The molecule has 1 heterocycles. The molecule has 1 fully saturated rings. The molecule has 8 nitrogen and oxygen atoms in total. The van der Waals surface area contributed by atoms with Crippen LogP contribution in [0.25, 0.3) is 0 Å². The Morgan fingerprint density at radius 1 is 1.03 bits per heavy atom. The van der Waals surface area contributed by atoms with Gasteiger partial charge in [-0.1, -0.05) is 0 Å². The van der Waals surface area contributed by atoms with Crippen LogP contribution in [0.1, 0.15) is 30.9 Å². The summed E-state index contributed by atoms with van der Waals surface area (Å²) in [6.07, 6.45) is 3.02. The zero-order valence-electron chi connectivity index (χ0n) is 18.9. The van der Waals surface area contributed by atoms with Gasteiger partial charge in [-0.3, -0.25) is 4.79 Å². The van der Waals surface area contributed by atoms with Crippen LogP contribution in [0, 0.1) is 18.7 Å². The summed E-state index contributed by atoms with van der Waals surface area (Å²) in [5.74, 6) is -3.51. The van der Waals surface area contributed by atoms with Crippen molar-refractivity contribution in [2.45, 2.75) is 32.6 Å². The standard InChI is InChI=1S/C24H22F3N5O3/c1-13-9-16(35-21-11-20(28-12-29-21)32-22(33)14-3-4-14)6-8-19(13)31-23(34)30-15-5-7-18(25)17(10-15)24(2,26)27/h5-12,14H,3-4H2,1-2H3,(H2,30,31,34)(H,28,29,32,33). The minimum atomic E-state index is -3.39. The molecule has 0 saturated heterocycles. The van der Waals surface area contributed by atoms with Crippen molar-refractivity contribution in [3.8, 4) is 11.6 Å². The summed E-state index contributed by atoms with van der Waals surface area (Å²) < 4.78 is 46.5. The Kier molecular flexibility index (Phi) is 6.59. The van der Waals surface area contributed by atoms with Crippen LogP contribution in [-0.2, 0) is 10.7 Å². The Balaban J connectivity index is 1.39. The number of aromatic nitrogens is 2. The molecule has 1 aliphatic rings. The van der Waals surface area contributed by atoms with Crippen LogP contribution in [0.2, 0.25) is 0 Å². The first kappa shape index (κ1) is 24.0. The summed E-state index contributed by atoms with van der Waals surface area (Å²) in [7, 11) is 0. The number of nitrogens with zero attached hydrogens (tertiary/aromatic N) is 2. The molecule has 11 heteroatoms. The van der Waals surface area contributed by atoms with Crippen LogP contribution >= 0.6 is 0 Å². The Bertz CT molecular complexity index is 1280. The topological polar surface area (TPSA) is 105 Å². The average molecular weight is 485 g/mol. The van der Waals surface area contributed by atoms with Gasteiger partial charge in [0.15, 0.2) is 0 Å². The predicted molar refractivity (Wildman–Crippen MR) is 123 cm³/mol. The molecule has 0 aliphatic heterocycles. The van der Waals surface area contributed by atoms with Crippen molar-refractivity contribution in [2.75, 3.05) is 16.0 Å². The molecule has 0 spiro atoms. The molecule has 3 amide bonds. The minimum Gasteiger partial charge on any atom is -0.439 e. The van der Waals surface area contributed by atoms with E-state index in [4.69, 9.17) is 4.74 Å². The summed E-state index contributed by atoms with van der Waals surface area (Å²) in [6, 6.07) is 8.62. The van der Waals surface area contributed by atoms with Crippen LogP contribution in [-0.4, -0.2) is 21.9 Å². The molecule has 3 N–H and O–H groups in total. The largest absolute Gasteiger partial charge is 0.439 e. The maximum Gasteiger partial charge on any atom is 0.323 e. The summed E-state index contributed by atoms with van der Waals surface area (Å²) >= 11 is 0. The predicted octanol–water partition coefficient (Wildman–Crippen LogP) is 5.82. The second-order valence-electron chi connectivity index (χ2n) is 8.25. The Morgan fingerprint density at radius 2 is 1.80 bits per heavy atom. The Hall–Kier alpha value is -4.15. The molecule has 4 rings (SSSR count). The maximum atomic E-state index is 13.7. The molecule has 0 unspecified atom stereocenters. The lowest BCUT2D eigenvalue weighted by molar-refractivity contribution is -0.117. The number of amides is 3. The fourth-order valence-electron chi connectivity index (χ4n) is 3.22. The van der Waals surface area contributed by atoms with Crippen molar-refractivity contribution in [2.24, 2.45) is 5.92 Å². The minimum absolute atomic E-state index is 0.0198. The molecule has 0 atom stereocenters. The van der Waals surface area contributed by atoms with Crippen LogP contribution < -0.4 is 20.7 Å². The highest BCUT2D eigenvalue weighted by Gasteiger charge is 2.30. The first-order valence-electron chi connectivity index (χ1n) is 10.8. The molecule has 1 aliphatic carbocycles. The first-order valence-corrected chi connectivity index (χ1v) is 10.8. The van der Waals surface area contributed by atoms with Crippen molar-refractivity contribution in [3.63, 3.8) is 0 Å². The zero-order valence-corrected chi connectivity index (χ0v) is 18.9. The van der Waals surface area contributed by atoms with Crippen molar-refractivity contribution >= 4 is 29.1 Å². The summed E-state index contributed by atoms with van der Waals surface area (Å²) in [6.45, 7) is 2.31. The number of hydrogen-bond donors (Lipinski definition) is 3. The number of carbonyl (C=O) groups excluding carboxylic acids is 2. The number of aryl methyl sites for hydroxylation is 1. The van der Waals surface area contributed by atoms with Gasteiger partial charge >= 0.3 is 6.03 Å². The van der Waals surface area contributed by atoms with Gasteiger partial charge in [0.1, 0.15) is 23.7 Å². The van der Waals surface area contributed by atoms with Crippen molar-refractivity contribution in [1.82, 2.24) is 9.97 Å².